The lowest BCUT2D eigenvalue weighted by Crippen LogP contribution is -2.48. The lowest BCUT2D eigenvalue weighted by molar-refractivity contribution is 0.0940. The number of thiocarbonyl (C=S) groups is 1. The molecule has 0 bridgehead atoms. The van der Waals surface area contributed by atoms with Gasteiger partial charge in [-0.05, 0) is 43.3 Å². The predicted octanol–water partition coefficient (Wildman–Crippen LogP) is 1.33. The van der Waals surface area contributed by atoms with Crippen LogP contribution in [0.1, 0.15) is 23.2 Å². The molecule has 0 spiro atoms. The summed E-state index contributed by atoms with van der Waals surface area (Å²) in [4.78, 5) is 11.9. The number of hydrogen-bond donors (Lipinski definition) is 4. The van der Waals surface area contributed by atoms with Crippen molar-refractivity contribution in [1.29, 1.82) is 0 Å². The van der Waals surface area contributed by atoms with Crippen LogP contribution in [0.3, 0.4) is 0 Å². The number of ether oxygens (including phenoxy) is 1. The van der Waals surface area contributed by atoms with Crippen LogP contribution >= 0.6 is 23.8 Å². The van der Waals surface area contributed by atoms with Gasteiger partial charge in [0.25, 0.3) is 5.91 Å². The van der Waals surface area contributed by atoms with Crippen molar-refractivity contribution in [3.8, 4) is 5.75 Å². The first-order valence-electron chi connectivity index (χ1n) is 6.50. The van der Waals surface area contributed by atoms with Crippen LogP contribution < -0.4 is 16.2 Å². The highest BCUT2D eigenvalue weighted by molar-refractivity contribution is 7.80. The number of benzene rings is 1. The zero-order valence-electron chi connectivity index (χ0n) is 11.2. The third-order valence-corrected chi connectivity index (χ3v) is 3.49. The van der Waals surface area contributed by atoms with E-state index in [-0.39, 0.29) is 22.5 Å². The second kappa shape index (κ2) is 7.44. The molecule has 114 valence electrons. The van der Waals surface area contributed by atoms with Gasteiger partial charge in [0.05, 0.1) is 11.7 Å². The Morgan fingerprint density at radius 3 is 3.00 bits per heavy atom. The first-order valence-corrected chi connectivity index (χ1v) is 7.29. The van der Waals surface area contributed by atoms with Crippen molar-refractivity contribution in [2.24, 2.45) is 0 Å². The Kier molecular flexibility index (Phi) is 5.60. The number of aromatic hydroxyl groups is 1. The van der Waals surface area contributed by atoms with Crippen LogP contribution in [0.4, 0.5) is 0 Å². The summed E-state index contributed by atoms with van der Waals surface area (Å²) >= 11 is 10.8. The van der Waals surface area contributed by atoms with Gasteiger partial charge in [0.1, 0.15) is 5.75 Å². The Labute approximate surface area is 132 Å². The van der Waals surface area contributed by atoms with Crippen LogP contribution in [0, 0.1) is 0 Å². The fourth-order valence-corrected chi connectivity index (χ4v) is 2.23. The first kappa shape index (κ1) is 15.8. The van der Waals surface area contributed by atoms with Crippen LogP contribution in [-0.4, -0.2) is 35.4 Å². The zero-order valence-corrected chi connectivity index (χ0v) is 12.8. The number of hydrazine groups is 1. The van der Waals surface area contributed by atoms with Crippen molar-refractivity contribution in [3.63, 3.8) is 0 Å². The van der Waals surface area contributed by atoms with Gasteiger partial charge < -0.3 is 15.2 Å². The molecule has 1 aromatic carbocycles. The highest BCUT2D eigenvalue weighted by Crippen LogP contribution is 2.20. The van der Waals surface area contributed by atoms with E-state index in [1.807, 2.05) is 0 Å². The molecule has 4 N–H and O–H groups in total. The first-order chi connectivity index (χ1) is 10.1. The van der Waals surface area contributed by atoms with Gasteiger partial charge in [-0.15, -0.1) is 0 Å². The summed E-state index contributed by atoms with van der Waals surface area (Å²) < 4.78 is 5.44. The van der Waals surface area contributed by atoms with Crippen LogP contribution in [0.25, 0.3) is 0 Å². The Bertz CT molecular complexity index is 535. The fourth-order valence-electron chi connectivity index (χ4n) is 1.93. The topological polar surface area (TPSA) is 82.6 Å². The van der Waals surface area contributed by atoms with Gasteiger partial charge in [-0.1, -0.05) is 11.6 Å². The van der Waals surface area contributed by atoms with Crippen molar-refractivity contribution in [3.05, 3.63) is 28.8 Å². The van der Waals surface area contributed by atoms with Gasteiger partial charge in [-0.3, -0.25) is 15.6 Å². The monoisotopic (exact) mass is 329 g/mol. The molecule has 1 fully saturated rings. The lowest BCUT2D eigenvalue weighted by atomic mass is 10.2. The molecule has 0 radical (unpaired) electrons. The molecular formula is C13H16ClN3O3S. The van der Waals surface area contributed by atoms with E-state index in [9.17, 15) is 9.90 Å². The normalized spacial score (nSPS) is 17.3. The van der Waals surface area contributed by atoms with E-state index in [1.165, 1.54) is 18.2 Å². The van der Waals surface area contributed by atoms with E-state index in [2.05, 4.69) is 16.2 Å². The Hall–Kier alpha value is -1.57. The summed E-state index contributed by atoms with van der Waals surface area (Å²) in [6.07, 6.45) is 2.20. The molecule has 6 nitrogen and oxygen atoms in total. The van der Waals surface area contributed by atoms with Crippen molar-refractivity contribution in [1.82, 2.24) is 16.2 Å². The molecule has 0 unspecified atom stereocenters. The quantitative estimate of drug-likeness (QED) is 0.495. The molecule has 1 aliphatic heterocycles. The van der Waals surface area contributed by atoms with Gasteiger partial charge in [-0.2, -0.15) is 0 Å². The molecule has 2 rings (SSSR count). The number of rotatable bonds is 3. The minimum Gasteiger partial charge on any atom is -0.507 e. The molecule has 0 aromatic heterocycles. The van der Waals surface area contributed by atoms with E-state index in [4.69, 9.17) is 28.6 Å². The number of phenols is 1. The van der Waals surface area contributed by atoms with E-state index in [1.54, 1.807) is 0 Å². The smallest absolute Gasteiger partial charge is 0.273 e. The van der Waals surface area contributed by atoms with Gasteiger partial charge in [0.15, 0.2) is 5.11 Å². The second-order valence-electron chi connectivity index (χ2n) is 4.59. The van der Waals surface area contributed by atoms with Crippen LogP contribution in [0.2, 0.25) is 5.02 Å². The third kappa shape index (κ3) is 4.73. The zero-order chi connectivity index (χ0) is 15.2. The van der Waals surface area contributed by atoms with Gasteiger partial charge in [0, 0.05) is 18.2 Å². The Morgan fingerprint density at radius 1 is 1.48 bits per heavy atom. The van der Waals surface area contributed by atoms with E-state index >= 15 is 0 Å². The second-order valence-corrected chi connectivity index (χ2v) is 5.43. The maximum absolute atomic E-state index is 11.9. The van der Waals surface area contributed by atoms with Crippen LogP contribution in [-0.2, 0) is 4.74 Å². The van der Waals surface area contributed by atoms with Crippen molar-refractivity contribution < 1.29 is 14.6 Å². The summed E-state index contributed by atoms with van der Waals surface area (Å²) in [6.45, 7) is 1.36. The highest BCUT2D eigenvalue weighted by atomic mass is 35.5. The molecule has 0 aliphatic carbocycles. The van der Waals surface area contributed by atoms with E-state index in [0.717, 1.165) is 19.4 Å². The standard InChI is InChI=1S/C13H16ClN3O3S/c14-8-3-4-11(18)10(6-8)12(19)16-17-13(21)15-7-9-2-1-5-20-9/h3-4,6,9,18H,1-2,5,7H2,(H,16,19)(H2,15,17,21)/t9-/m0/s1. The highest BCUT2D eigenvalue weighted by Gasteiger charge is 2.16. The fraction of sp³-hybridized carbons (Fsp3) is 0.385. The maximum Gasteiger partial charge on any atom is 0.273 e. The number of hydrogen-bond acceptors (Lipinski definition) is 4. The Morgan fingerprint density at radius 2 is 2.29 bits per heavy atom. The molecule has 0 saturated carbocycles. The minimum atomic E-state index is -0.531. The van der Waals surface area contributed by atoms with Crippen molar-refractivity contribution in [2.75, 3.05) is 13.2 Å². The molecule has 21 heavy (non-hydrogen) atoms. The van der Waals surface area contributed by atoms with Crippen LogP contribution in [0.15, 0.2) is 18.2 Å². The van der Waals surface area contributed by atoms with E-state index in [0.29, 0.717) is 11.6 Å². The summed E-state index contributed by atoms with van der Waals surface area (Å²) in [5.41, 5.74) is 5.02. The summed E-state index contributed by atoms with van der Waals surface area (Å²) in [6, 6.07) is 4.22. The summed E-state index contributed by atoms with van der Waals surface area (Å²) in [5, 5.41) is 13.2. The minimum absolute atomic E-state index is 0.0666. The molecule has 1 heterocycles. The average Bonchev–Trinajstić information content (AvgIpc) is 2.98. The molecular weight excluding hydrogens is 314 g/mol. The number of amides is 1. The maximum atomic E-state index is 11.9. The number of halogens is 1. The van der Waals surface area contributed by atoms with Crippen molar-refractivity contribution >= 4 is 34.8 Å². The summed E-state index contributed by atoms with van der Waals surface area (Å²) in [7, 11) is 0. The molecule has 1 saturated heterocycles. The van der Waals surface area contributed by atoms with E-state index < -0.39 is 5.91 Å². The van der Waals surface area contributed by atoms with Crippen molar-refractivity contribution in [2.45, 2.75) is 18.9 Å². The molecule has 1 amide bonds. The number of carbonyl (C=O) groups excluding carboxylic acids is 1. The number of phenolic OH excluding ortho intramolecular Hbond substituents is 1. The van der Waals surface area contributed by atoms with Crippen LogP contribution in [0.5, 0.6) is 5.75 Å². The van der Waals surface area contributed by atoms with Gasteiger partial charge >= 0.3 is 0 Å². The molecule has 1 atom stereocenters. The Balaban J connectivity index is 1.77. The number of nitrogens with one attached hydrogen (secondary N) is 3. The number of carbonyl (C=O) groups is 1. The van der Waals surface area contributed by atoms with Gasteiger partial charge in [0.2, 0.25) is 0 Å². The SMILES string of the molecule is O=C(NNC(=S)NC[C@@H]1CCCO1)c1cc(Cl)ccc1O. The summed E-state index contributed by atoms with van der Waals surface area (Å²) in [5.74, 6) is -0.687. The molecule has 1 aliphatic rings. The predicted molar refractivity (Wildman–Crippen MR) is 83.3 cm³/mol. The average molecular weight is 330 g/mol. The molecule has 1 aromatic rings. The van der Waals surface area contributed by atoms with Gasteiger partial charge in [-0.25, -0.2) is 0 Å². The third-order valence-electron chi connectivity index (χ3n) is 3.01. The lowest BCUT2D eigenvalue weighted by Gasteiger charge is -2.14. The molecule has 8 heteroatoms. The largest absolute Gasteiger partial charge is 0.507 e.